The number of fused-ring (bicyclic) bond motifs is 2. The molecular formula is C22H29ClN2O2. The lowest BCUT2D eigenvalue weighted by atomic mass is 10.00. The van der Waals surface area contributed by atoms with Crippen LogP contribution in [0.4, 0.5) is 11.4 Å². The number of benzene rings is 2. The molecule has 2 N–H and O–H groups in total. The molecule has 1 heterocycles. The zero-order valence-electron chi connectivity index (χ0n) is 16.0. The third kappa shape index (κ3) is 5.02. The summed E-state index contributed by atoms with van der Waals surface area (Å²) in [5.74, 6) is 0. The molecule has 0 aliphatic carbocycles. The van der Waals surface area contributed by atoms with E-state index in [0.29, 0.717) is 19.8 Å². The molecule has 0 atom stereocenters. The third-order valence-electron chi connectivity index (χ3n) is 5.05. The number of rotatable bonds is 9. The van der Waals surface area contributed by atoms with Crippen molar-refractivity contribution in [2.45, 2.75) is 32.3 Å². The highest BCUT2D eigenvalue weighted by Crippen LogP contribution is 2.39. The molecule has 0 bridgehead atoms. The van der Waals surface area contributed by atoms with Gasteiger partial charge in [0.2, 0.25) is 0 Å². The van der Waals surface area contributed by atoms with Gasteiger partial charge in [-0.2, -0.15) is 0 Å². The molecule has 2 aromatic rings. The van der Waals surface area contributed by atoms with Crippen LogP contribution in [-0.2, 0) is 28.9 Å². The Morgan fingerprint density at radius 3 is 2.78 bits per heavy atom. The summed E-state index contributed by atoms with van der Waals surface area (Å²) in [7, 11) is 1.69. The Kier molecular flexibility index (Phi) is 7.53. The summed E-state index contributed by atoms with van der Waals surface area (Å²) in [6.07, 6.45) is 4.07. The van der Waals surface area contributed by atoms with Gasteiger partial charge in [0.15, 0.2) is 0 Å². The molecule has 0 unspecified atom stereocenters. The lowest BCUT2D eigenvalue weighted by molar-refractivity contribution is 0.0614. The van der Waals surface area contributed by atoms with Gasteiger partial charge in [-0.15, -0.1) is 0 Å². The van der Waals surface area contributed by atoms with Crippen LogP contribution in [0.2, 0.25) is 5.02 Å². The number of anilines is 2. The van der Waals surface area contributed by atoms with Gasteiger partial charge in [0.1, 0.15) is 0 Å². The molecule has 1 aliphatic heterocycles. The predicted molar refractivity (Wildman–Crippen MR) is 112 cm³/mol. The lowest BCUT2D eigenvalue weighted by Crippen LogP contribution is -2.21. The van der Waals surface area contributed by atoms with Crippen molar-refractivity contribution in [3.63, 3.8) is 0 Å². The van der Waals surface area contributed by atoms with E-state index in [4.69, 9.17) is 26.8 Å². The van der Waals surface area contributed by atoms with E-state index in [1.807, 2.05) is 6.07 Å². The Labute approximate surface area is 167 Å². The minimum absolute atomic E-state index is 0.607. The highest BCUT2D eigenvalue weighted by atomic mass is 35.5. The number of hydrogen-bond donors (Lipinski definition) is 1. The van der Waals surface area contributed by atoms with Crippen molar-refractivity contribution < 1.29 is 9.47 Å². The molecule has 5 heteroatoms. The minimum atomic E-state index is 0.607. The van der Waals surface area contributed by atoms with Crippen LogP contribution >= 0.6 is 11.6 Å². The highest BCUT2D eigenvalue weighted by Gasteiger charge is 2.22. The molecule has 27 heavy (non-hydrogen) atoms. The van der Waals surface area contributed by atoms with E-state index in [1.54, 1.807) is 7.11 Å². The van der Waals surface area contributed by atoms with Gasteiger partial charge >= 0.3 is 0 Å². The Hall–Kier alpha value is -1.59. The fourth-order valence-corrected chi connectivity index (χ4v) is 3.83. The number of hydrogen-bond acceptors (Lipinski definition) is 4. The van der Waals surface area contributed by atoms with Crippen LogP contribution in [0.5, 0.6) is 0 Å². The topological polar surface area (TPSA) is 47.7 Å². The number of nitrogens with two attached hydrogens (primary N) is 1. The monoisotopic (exact) mass is 388 g/mol. The second kappa shape index (κ2) is 10.1. The number of halogens is 1. The second-order valence-corrected chi connectivity index (χ2v) is 7.32. The average Bonchev–Trinajstić information content (AvgIpc) is 2.83. The molecule has 0 amide bonds. The summed E-state index contributed by atoms with van der Waals surface area (Å²) in [5.41, 5.74) is 12.2. The maximum atomic E-state index is 6.33. The zero-order chi connectivity index (χ0) is 19.1. The van der Waals surface area contributed by atoms with E-state index in [9.17, 15) is 0 Å². The van der Waals surface area contributed by atoms with E-state index in [-0.39, 0.29) is 0 Å². The Bertz CT molecular complexity index is 751. The number of unbranched alkanes of at least 4 members (excludes halogenated alkanes) is 1. The van der Waals surface area contributed by atoms with Crippen molar-refractivity contribution in [3.05, 3.63) is 58.1 Å². The van der Waals surface area contributed by atoms with Gasteiger partial charge in [0, 0.05) is 30.1 Å². The Morgan fingerprint density at radius 1 is 1.07 bits per heavy atom. The van der Waals surface area contributed by atoms with Crippen molar-refractivity contribution >= 4 is 23.0 Å². The summed E-state index contributed by atoms with van der Waals surface area (Å²) in [4.78, 5) is 2.41. The standard InChI is InChI=1S/C22H29ClN2O2/c1-26-13-14-27-16-18-5-4-6-21-20(18)10-8-17-7-9-19(23)15-22(17)25(21)12-3-2-11-24/h4-7,9,15H,2-3,8,10-14,16,24H2,1H3. The van der Waals surface area contributed by atoms with Crippen LogP contribution in [-0.4, -0.2) is 33.4 Å². The third-order valence-corrected chi connectivity index (χ3v) is 5.28. The first kappa shape index (κ1) is 20.2. The molecule has 0 radical (unpaired) electrons. The Balaban J connectivity index is 1.93. The fraction of sp³-hybridized carbons (Fsp3) is 0.455. The van der Waals surface area contributed by atoms with Gasteiger partial charge in [-0.3, -0.25) is 0 Å². The maximum Gasteiger partial charge on any atom is 0.0721 e. The molecule has 0 saturated heterocycles. The fourth-order valence-electron chi connectivity index (χ4n) is 3.67. The number of methoxy groups -OCH3 is 1. The van der Waals surface area contributed by atoms with E-state index in [2.05, 4.69) is 35.2 Å². The van der Waals surface area contributed by atoms with Gasteiger partial charge in [0.25, 0.3) is 0 Å². The lowest BCUT2D eigenvalue weighted by Gasteiger charge is -2.28. The van der Waals surface area contributed by atoms with Crippen molar-refractivity contribution in [1.29, 1.82) is 0 Å². The molecule has 1 aliphatic rings. The van der Waals surface area contributed by atoms with Crippen LogP contribution in [0, 0.1) is 0 Å². The van der Waals surface area contributed by atoms with Crippen molar-refractivity contribution in [2.75, 3.05) is 38.3 Å². The average molecular weight is 389 g/mol. The molecule has 146 valence electrons. The number of ether oxygens (including phenoxy) is 2. The summed E-state index contributed by atoms with van der Waals surface area (Å²) in [6, 6.07) is 12.8. The van der Waals surface area contributed by atoms with Crippen LogP contribution in [0.3, 0.4) is 0 Å². The van der Waals surface area contributed by atoms with Gasteiger partial charge in [-0.05, 0) is 67.1 Å². The van der Waals surface area contributed by atoms with E-state index < -0.39 is 0 Å². The summed E-state index contributed by atoms with van der Waals surface area (Å²) >= 11 is 6.33. The molecule has 4 nitrogen and oxygen atoms in total. The van der Waals surface area contributed by atoms with Crippen LogP contribution < -0.4 is 10.6 Å². The van der Waals surface area contributed by atoms with E-state index in [1.165, 1.54) is 28.1 Å². The number of nitrogens with zero attached hydrogens (tertiary/aromatic N) is 1. The normalized spacial score (nSPS) is 13.2. The first-order valence-electron chi connectivity index (χ1n) is 9.68. The molecular weight excluding hydrogens is 360 g/mol. The van der Waals surface area contributed by atoms with Gasteiger partial charge < -0.3 is 20.1 Å². The van der Waals surface area contributed by atoms with Gasteiger partial charge in [-0.1, -0.05) is 29.8 Å². The van der Waals surface area contributed by atoms with E-state index in [0.717, 1.165) is 43.8 Å². The second-order valence-electron chi connectivity index (χ2n) is 6.88. The molecule has 2 aromatic carbocycles. The maximum absolute atomic E-state index is 6.33. The SMILES string of the molecule is COCCOCc1cccc2c1CCc1ccc(Cl)cc1N2CCCCN. The quantitative estimate of drug-likeness (QED) is 0.643. The first-order chi connectivity index (χ1) is 13.2. The van der Waals surface area contributed by atoms with Gasteiger partial charge in [-0.25, -0.2) is 0 Å². The molecule has 3 rings (SSSR count). The highest BCUT2D eigenvalue weighted by molar-refractivity contribution is 6.30. The molecule has 0 fully saturated rings. The molecule has 0 aromatic heterocycles. The van der Waals surface area contributed by atoms with Crippen LogP contribution in [0.15, 0.2) is 36.4 Å². The van der Waals surface area contributed by atoms with Crippen LogP contribution in [0.1, 0.15) is 29.5 Å². The summed E-state index contributed by atoms with van der Waals surface area (Å²) in [5, 5.41) is 0.778. The minimum Gasteiger partial charge on any atom is -0.382 e. The largest absolute Gasteiger partial charge is 0.382 e. The van der Waals surface area contributed by atoms with Crippen molar-refractivity contribution in [2.24, 2.45) is 5.73 Å². The summed E-state index contributed by atoms with van der Waals surface area (Å²) in [6.45, 7) is 3.49. The number of aryl methyl sites for hydroxylation is 1. The van der Waals surface area contributed by atoms with Crippen LogP contribution in [0.25, 0.3) is 0 Å². The van der Waals surface area contributed by atoms with E-state index >= 15 is 0 Å². The first-order valence-corrected chi connectivity index (χ1v) is 10.1. The smallest absolute Gasteiger partial charge is 0.0721 e. The summed E-state index contributed by atoms with van der Waals surface area (Å²) < 4.78 is 10.9. The molecule has 0 saturated carbocycles. The van der Waals surface area contributed by atoms with Crippen molar-refractivity contribution in [3.8, 4) is 0 Å². The predicted octanol–water partition coefficient (Wildman–Crippen LogP) is 4.48. The van der Waals surface area contributed by atoms with Gasteiger partial charge in [0.05, 0.1) is 19.8 Å². The van der Waals surface area contributed by atoms with Crippen molar-refractivity contribution in [1.82, 2.24) is 0 Å². The Morgan fingerprint density at radius 2 is 1.96 bits per heavy atom. The zero-order valence-corrected chi connectivity index (χ0v) is 16.8. The molecule has 0 spiro atoms.